The summed E-state index contributed by atoms with van der Waals surface area (Å²) in [5.74, 6) is -0.227. The average molecular weight is 615 g/mol. The Hall–Kier alpha value is -5.21. The van der Waals surface area contributed by atoms with Gasteiger partial charge in [0.1, 0.15) is 6.61 Å². The highest BCUT2D eigenvalue weighted by Crippen LogP contribution is 2.26. The third-order valence-electron chi connectivity index (χ3n) is 8.55. The highest BCUT2D eigenvalue weighted by molar-refractivity contribution is 6.08. The normalized spacial score (nSPS) is 14.2. The molecule has 5 aromatic rings. The molecule has 2 heterocycles. The Morgan fingerprint density at radius 2 is 1.35 bits per heavy atom. The van der Waals surface area contributed by atoms with Gasteiger partial charge in [-0.15, -0.1) is 0 Å². The van der Waals surface area contributed by atoms with E-state index < -0.39 is 0 Å². The first-order valence-corrected chi connectivity index (χ1v) is 15.8. The molecule has 0 aliphatic carbocycles. The minimum absolute atomic E-state index is 0.174. The predicted octanol–water partition coefficient (Wildman–Crippen LogP) is 6.33. The molecule has 1 N–H and O–H groups in total. The number of hydrogen-bond acceptors (Lipinski definition) is 5. The summed E-state index contributed by atoms with van der Waals surface area (Å²) in [5, 5.41) is 4.38. The first kappa shape index (κ1) is 30.8. The zero-order valence-electron chi connectivity index (χ0n) is 26.0. The Morgan fingerprint density at radius 1 is 0.761 bits per heavy atom. The lowest BCUT2D eigenvalue weighted by Gasteiger charge is -2.35. The first-order chi connectivity index (χ1) is 22.5. The van der Waals surface area contributed by atoms with Gasteiger partial charge in [0.2, 0.25) is 0 Å². The zero-order valence-corrected chi connectivity index (χ0v) is 26.0. The highest BCUT2D eigenvalue weighted by atomic mass is 16.6. The molecule has 234 valence electrons. The van der Waals surface area contributed by atoms with E-state index >= 15 is 0 Å². The molecular formula is C38H38N4O4. The van der Waals surface area contributed by atoms with Crippen LogP contribution in [0.3, 0.4) is 0 Å². The molecular weight excluding hydrogens is 576 g/mol. The number of hydrogen-bond donors (Lipinski definition) is 1. The molecule has 1 aliphatic heterocycles. The van der Waals surface area contributed by atoms with Gasteiger partial charge in [0, 0.05) is 49.2 Å². The summed E-state index contributed by atoms with van der Waals surface area (Å²) < 4.78 is 7.25. The number of para-hydroxylation sites is 1. The van der Waals surface area contributed by atoms with E-state index in [0.29, 0.717) is 66.9 Å². The van der Waals surface area contributed by atoms with Gasteiger partial charge in [-0.2, -0.15) is 0 Å². The lowest BCUT2D eigenvalue weighted by atomic mass is 9.99. The third kappa shape index (κ3) is 6.72. The van der Waals surface area contributed by atoms with Crippen molar-refractivity contribution in [1.82, 2.24) is 19.7 Å². The van der Waals surface area contributed by atoms with Gasteiger partial charge in [-0.3, -0.25) is 19.1 Å². The van der Waals surface area contributed by atoms with Crippen LogP contribution in [0.4, 0.5) is 4.79 Å². The number of amides is 2. The van der Waals surface area contributed by atoms with Gasteiger partial charge in [0.05, 0.1) is 17.3 Å². The molecule has 8 heteroatoms. The number of nitrogens with one attached hydrogen (secondary N) is 1. The molecule has 46 heavy (non-hydrogen) atoms. The number of nitrogens with zero attached hydrogens (tertiary/aromatic N) is 3. The minimum Gasteiger partial charge on any atom is -0.445 e. The molecule has 1 saturated heterocycles. The summed E-state index contributed by atoms with van der Waals surface area (Å²) >= 11 is 0. The Kier molecular flexibility index (Phi) is 9.55. The van der Waals surface area contributed by atoms with Gasteiger partial charge in [0.25, 0.3) is 11.5 Å². The number of pyridine rings is 1. The van der Waals surface area contributed by atoms with E-state index in [0.717, 1.165) is 11.1 Å². The van der Waals surface area contributed by atoms with Crippen molar-refractivity contribution in [2.45, 2.75) is 32.5 Å². The Labute approximate surface area is 268 Å². The van der Waals surface area contributed by atoms with Gasteiger partial charge in [-0.1, -0.05) is 104 Å². The number of benzene rings is 4. The molecule has 6 rings (SSSR count). The number of aromatic nitrogens is 1. The van der Waals surface area contributed by atoms with Crippen molar-refractivity contribution in [3.8, 4) is 5.69 Å². The lowest BCUT2D eigenvalue weighted by molar-refractivity contribution is 0.0695. The molecule has 1 aliphatic rings. The van der Waals surface area contributed by atoms with Crippen molar-refractivity contribution in [3.63, 3.8) is 0 Å². The fraction of sp³-hybridized carbons (Fsp3) is 0.237. The van der Waals surface area contributed by atoms with Crippen LogP contribution in [0.1, 0.15) is 46.6 Å². The number of piperazine rings is 1. The maximum atomic E-state index is 14.4. The molecule has 0 spiro atoms. The molecule has 1 fully saturated rings. The van der Waals surface area contributed by atoms with E-state index in [1.54, 1.807) is 15.5 Å². The maximum Gasteiger partial charge on any atom is 0.410 e. The number of fused-ring (bicyclic) bond motifs is 1. The third-order valence-corrected chi connectivity index (χ3v) is 8.55. The number of carbonyl (C=O) groups excluding carboxylic acids is 2. The topological polar surface area (TPSA) is 83.9 Å². The second-order valence-corrected chi connectivity index (χ2v) is 11.5. The highest BCUT2D eigenvalue weighted by Gasteiger charge is 2.28. The zero-order chi connectivity index (χ0) is 31.9. The molecule has 0 radical (unpaired) electrons. The van der Waals surface area contributed by atoms with Gasteiger partial charge in [-0.05, 0) is 35.7 Å². The van der Waals surface area contributed by atoms with E-state index in [-0.39, 0.29) is 30.2 Å². The lowest BCUT2D eigenvalue weighted by Crippen LogP contribution is -2.49. The van der Waals surface area contributed by atoms with E-state index in [4.69, 9.17) is 4.74 Å². The molecule has 0 saturated carbocycles. The molecule has 1 aromatic heterocycles. The van der Waals surface area contributed by atoms with Crippen LogP contribution in [0.25, 0.3) is 16.5 Å². The van der Waals surface area contributed by atoms with Crippen LogP contribution in [0.5, 0.6) is 0 Å². The number of carbonyl (C=O) groups is 2. The summed E-state index contributed by atoms with van der Waals surface area (Å²) in [6.07, 6.45) is 0.367. The van der Waals surface area contributed by atoms with E-state index in [1.807, 2.05) is 116 Å². The van der Waals surface area contributed by atoms with Crippen molar-refractivity contribution in [1.29, 1.82) is 0 Å². The smallest absolute Gasteiger partial charge is 0.410 e. The molecule has 0 bridgehead atoms. The Morgan fingerprint density at radius 3 is 2.00 bits per heavy atom. The summed E-state index contributed by atoms with van der Waals surface area (Å²) in [6.45, 7) is 4.71. The molecule has 4 aromatic carbocycles. The van der Waals surface area contributed by atoms with Gasteiger partial charge >= 0.3 is 6.09 Å². The largest absolute Gasteiger partial charge is 0.445 e. The van der Waals surface area contributed by atoms with Crippen LogP contribution in [0.15, 0.2) is 120 Å². The van der Waals surface area contributed by atoms with Gasteiger partial charge in [0.15, 0.2) is 0 Å². The summed E-state index contributed by atoms with van der Waals surface area (Å²) in [5.41, 5.74) is 3.59. The van der Waals surface area contributed by atoms with Crippen LogP contribution in [0.2, 0.25) is 0 Å². The van der Waals surface area contributed by atoms with Crippen LogP contribution in [0, 0.1) is 0 Å². The standard InChI is InChI=1S/C38H38N4O4/c1-2-33(29-16-8-4-9-17-29)39-36(43)35-31-20-12-13-21-32(31)37(44)42(30-18-10-5-11-19-30)34(35)26-40-22-24-41(25-23-40)38(45)46-27-28-14-6-3-7-15-28/h3-21,33H,2,22-27H2,1H3,(H,39,43). The second kappa shape index (κ2) is 14.3. The minimum atomic E-state index is -0.345. The van der Waals surface area contributed by atoms with Crippen LogP contribution in [-0.4, -0.2) is 52.5 Å². The van der Waals surface area contributed by atoms with Crippen molar-refractivity contribution in [3.05, 3.63) is 148 Å². The second-order valence-electron chi connectivity index (χ2n) is 11.5. The Balaban J connectivity index is 1.32. The first-order valence-electron chi connectivity index (χ1n) is 15.8. The van der Waals surface area contributed by atoms with Crippen molar-refractivity contribution < 1.29 is 14.3 Å². The quantitative estimate of drug-likeness (QED) is 0.210. The maximum absolute atomic E-state index is 14.4. The average Bonchev–Trinajstić information content (AvgIpc) is 3.11. The van der Waals surface area contributed by atoms with Gasteiger partial charge < -0.3 is 15.0 Å². The SMILES string of the molecule is CCC(NC(=O)c1c(CN2CCN(C(=O)OCc3ccccc3)CC2)n(-c2ccccc2)c(=O)c2ccccc12)c1ccccc1. The van der Waals surface area contributed by atoms with E-state index in [9.17, 15) is 14.4 Å². The monoisotopic (exact) mass is 614 g/mol. The van der Waals surface area contributed by atoms with Crippen LogP contribution in [-0.2, 0) is 17.9 Å². The van der Waals surface area contributed by atoms with Gasteiger partial charge in [-0.25, -0.2) is 4.79 Å². The summed E-state index contributed by atoms with van der Waals surface area (Å²) in [6, 6.07) is 36.2. The molecule has 8 nitrogen and oxygen atoms in total. The summed E-state index contributed by atoms with van der Waals surface area (Å²) in [7, 11) is 0. The van der Waals surface area contributed by atoms with E-state index in [2.05, 4.69) is 10.2 Å². The van der Waals surface area contributed by atoms with Crippen molar-refractivity contribution in [2.75, 3.05) is 26.2 Å². The van der Waals surface area contributed by atoms with Crippen molar-refractivity contribution >= 4 is 22.8 Å². The van der Waals surface area contributed by atoms with Crippen LogP contribution >= 0.6 is 0 Å². The van der Waals surface area contributed by atoms with Crippen LogP contribution < -0.4 is 10.9 Å². The molecule has 2 amide bonds. The number of ether oxygens (including phenoxy) is 1. The fourth-order valence-corrected chi connectivity index (χ4v) is 6.10. The Bertz CT molecular complexity index is 1850. The van der Waals surface area contributed by atoms with E-state index in [1.165, 1.54) is 0 Å². The van der Waals surface area contributed by atoms with Crippen molar-refractivity contribution in [2.24, 2.45) is 0 Å². The molecule has 1 atom stereocenters. The fourth-order valence-electron chi connectivity index (χ4n) is 6.10. The predicted molar refractivity (Wildman–Crippen MR) is 180 cm³/mol. The molecule has 1 unspecified atom stereocenters. The number of rotatable bonds is 9. The summed E-state index contributed by atoms with van der Waals surface area (Å²) in [4.78, 5) is 45.3.